The first kappa shape index (κ1) is 20.0. The lowest BCUT2D eigenvalue weighted by Crippen LogP contribution is -3.14. The zero-order valence-electron chi connectivity index (χ0n) is 15.9. The van der Waals surface area contributed by atoms with Gasteiger partial charge in [-0.2, -0.15) is 13.2 Å². The number of hydrogen-bond acceptors (Lipinski definition) is 2. The summed E-state index contributed by atoms with van der Waals surface area (Å²) in [6.07, 6.45) is 0.926. The summed E-state index contributed by atoms with van der Waals surface area (Å²) in [5.74, 6) is 0.475. The highest BCUT2D eigenvalue weighted by atomic mass is 19.4. The number of halogens is 3. The Morgan fingerprint density at radius 3 is 2.48 bits per heavy atom. The number of alkyl halides is 3. The molecule has 2 heterocycles. The molecule has 3 rings (SSSR count). The Balaban J connectivity index is 1.75. The Labute approximate surface area is 158 Å². The van der Waals surface area contributed by atoms with Gasteiger partial charge in [-0.1, -0.05) is 6.92 Å². The normalized spacial score (nSPS) is 23.9. The molecule has 0 aromatic heterocycles. The molecule has 2 fully saturated rings. The largest absolute Gasteiger partial charge is 0.416 e. The highest BCUT2D eigenvalue weighted by Gasteiger charge is 2.32. The van der Waals surface area contributed by atoms with E-state index in [2.05, 4.69) is 17.1 Å². The van der Waals surface area contributed by atoms with Crippen molar-refractivity contribution >= 4 is 17.3 Å². The van der Waals surface area contributed by atoms with Crippen molar-refractivity contribution in [3.05, 3.63) is 23.8 Å². The molecule has 0 radical (unpaired) electrons. The summed E-state index contributed by atoms with van der Waals surface area (Å²) in [7, 11) is 0. The molecule has 0 saturated carbocycles. The average Bonchev–Trinajstić information content (AvgIpc) is 2.63. The smallest absolute Gasteiger partial charge is 0.370 e. The summed E-state index contributed by atoms with van der Waals surface area (Å²) in [4.78, 5) is 15.8. The molecule has 7 heteroatoms. The van der Waals surface area contributed by atoms with Crippen LogP contribution in [-0.4, -0.2) is 38.6 Å². The Kier molecular flexibility index (Phi) is 6.29. The highest BCUT2D eigenvalue weighted by Crippen LogP contribution is 2.36. The molecule has 0 spiro atoms. The van der Waals surface area contributed by atoms with Crippen molar-refractivity contribution in [2.45, 2.75) is 45.2 Å². The molecule has 0 atom stereocenters. The van der Waals surface area contributed by atoms with Gasteiger partial charge in [0.15, 0.2) is 6.54 Å². The zero-order chi connectivity index (χ0) is 19.4. The second kappa shape index (κ2) is 8.50. The van der Waals surface area contributed by atoms with Gasteiger partial charge in [0.25, 0.3) is 5.91 Å². The van der Waals surface area contributed by atoms with Crippen LogP contribution in [0.2, 0.25) is 0 Å². The van der Waals surface area contributed by atoms with Crippen molar-refractivity contribution in [1.82, 2.24) is 0 Å². The number of piperidine rings is 2. The number of nitrogens with zero attached hydrogens (tertiary/aromatic N) is 1. The Morgan fingerprint density at radius 2 is 1.85 bits per heavy atom. The maximum absolute atomic E-state index is 13.2. The number of quaternary nitrogens is 1. The van der Waals surface area contributed by atoms with E-state index >= 15 is 0 Å². The van der Waals surface area contributed by atoms with Crippen LogP contribution < -0.4 is 15.1 Å². The molecule has 150 valence electrons. The van der Waals surface area contributed by atoms with Crippen molar-refractivity contribution in [3.8, 4) is 0 Å². The van der Waals surface area contributed by atoms with Crippen LogP contribution in [-0.2, 0) is 11.0 Å². The van der Waals surface area contributed by atoms with Crippen molar-refractivity contribution in [2.24, 2.45) is 5.92 Å². The van der Waals surface area contributed by atoms with E-state index in [1.165, 1.54) is 11.0 Å². The minimum Gasteiger partial charge on any atom is -0.370 e. The van der Waals surface area contributed by atoms with E-state index in [9.17, 15) is 18.0 Å². The predicted molar refractivity (Wildman–Crippen MR) is 100 cm³/mol. The molecule has 1 aromatic carbocycles. The number of amides is 1. The van der Waals surface area contributed by atoms with E-state index in [-0.39, 0.29) is 11.6 Å². The van der Waals surface area contributed by atoms with Crippen LogP contribution in [0.3, 0.4) is 0 Å². The monoisotopic (exact) mass is 384 g/mol. The van der Waals surface area contributed by atoms with Crippen LogP contribution in [0.5, 0.6) is 0 Å². The summed E-state index contributed by atoms with van der Waals surface area (Å²) >= 11 is 0. The first-order chi connectivity index (χ1) is 12.8. The van der Waals surface area contributed by atoms with E-state index in [4.69, 9.17) is 0 Å². The van der Waals surface area contributed by atoms with Gasteiger partial charge in [0, 0.05) is 13.1 Å². The molecular weight excluding hydrogens is 355 g/mol. The third-order valence-corrected chi connectivity index (χ3v) is 5.69. The highest BCUT2D eigenvalue weighted by molar-refractivity contribution is 5.95. The fourth-order valence-electron chi connectivity index (χ4n) is 3.99. The van der Waals surface area contributed by atoms with Crippen molar-refractivity contribution < 1.29 is 22.9 Å². The van der Waals surface area contributed by atoms with E-state index in [1.54, 1.807) is 0 Å². The first-order valence-corrected chi connectivity index (χ1v) is 9.92. The molecule has 2 N–H and O–H groups in total. The molecule has 0 aliphatic carbocycles. The lowest BCUT2D eigenvalue weighted by atomic mass is 9.99. The van der Waals surface area contributed by atoms with Crippen LogP contribution in [0.4, 0.5) is 24.5 Å². The summed E-state index contributed by atoms with van der Waals surface area (Å²) in [5, 5.41) is 2.78. The van der Waals surface area contributed by atoms with E-state index in [0.29, 0.717) is 18.2 Å². The fraction of sp³-hybridized carbons (Fsp3) is 0.650. The van der Waals surface area contributed by atoms with Crippen molar-refractivity contribution in [1.29, 1.82) is 0 Å². The molecule has 2 aliphatic rings. The first-order valence-electron chi connectivity index (χ1n) is 9.92. The lowest BCUT2D eigenvalue weighted by Gasteiger charge is -2.31. The third kappa shape index (κ3) is 5.37. The number of hydrogen-bond donors (Lipinski definition) is 2. The number of anilines is 2. The number of nitrogens with one attached hydrogen (secondary N) is 2. The molecule has 0 bridgehead atoms. The van der Waals surface area contributed by atoms with Gasteiger partial charge in [0.05, 0.1) is 30.0 Å². The third-order valence-electron chi connectivity index (χ3n) is 5.69. The van der Waals surface area contributed by atoms with Gasteiger partial charge in [-0.25, -0.2) is 0 Å². The van der Waals surface area contributed by atoms with Crippen molar-refractivity contribution in [2.75, 3.05) is 42.9 Å². The molecule has 4 nitrogen and oxygen atoms in total. The molecule has 1 aromatic rings. The van der Waals surface area contributed by atoms with E-state index in [1.807, 2.05) is 0 Å². The number of benzene rings is 1. The summed E-state index contributed by atoms with van der Waals surface area (Å²) in [6, 6.07) is 3.69. The van der Waals surface area contributed by atoms with Gasteiger partial charge >= 0.3 is 6.18 Å². The zero-order valence-corrected chi connectivity index (χ0v) is 15.9. The van der Waals surface area contributed by atoms with Gasteiger partial charge < -0.3 is 15.1 Å². The van der Waals surface area contributed by atoms with Crippen LogP contribution in [0.1, 0.15) is 44.6 Å². The Bertz CT molecular complexity index is 648. The summed E-state index contributed by atoms with van der Waals surface area (Å²) < 4.78 is 39.5. The molecule has 2 saturated heterocycles. The molecule has 27 heavy (non-hydrogen) atoms. The summed E-state index contributed by atoms with van der Waals surface area (Å²) in [5.41, 5.74) is 0.248. The topological polar surface area (TPSA) is 36.8 Å². The van der Waals surface area contributed by atoms with Crippen LogP contribution in [0.25, 0.3) is 0 Å². The van der Waals surface area contributed by atoms with Gasteiger partial charge in [-0.05, 0) is 56.2 Å². The van der Waals surface area contributed by atoms with Crippen LogP contribution in [0.15, 0.2) is 18.2 Å². The van der Waals surface area contributed by atoms with Gasteiger partial charge in [0.2, 0.25) is 0 Å². The van der Waals surface area contributed by atoms with E-state index < -0.39 is 11.7 Å². The molecule has 1 amide bonds. The van der Waals surface area contributed by atoms with Gasteiger partial charge in [-0.15, -0.1) is 0 Å². The standard InChI is InChI=1S/C20H28F3N3O/c1-15-7-11-25(12-8-15)14-19(27)24-17-13-16(20(21,22)23)5-6-18(17)26-9-3-2-4-10-26/h5-6,13,15H,2-4,7-12,14H2,1H3,(H,24,27)/p+1. The lowest BCUT2D eigenvalue weighted by molar-refractivity contribution is -0.897. The van der Waals surface area contributed by atoms with E-state index in [0.717, 1.165) is 70.4 Å². The molecule has 2 aliphatic heterocycles. The maximum atomic E-state index is 13.2. The Morgan fingerprint density at radius 1 is 1.19 bits per heavy atom. The van der Waals surface area contributed by atoms with Gasteiger partial charge in [-0.3, -0.25) is 4.79 Å². The number of likely N-dealkylation sites (tertiary alicyclic amines) is 1. The number of carbonyl (C=O) groups is 1. The quantitative estimate of drug-likeness (QED) is 0.838. The molecular formula is C20H29F3N3O+. The second-order valence-corrected chi connectivity index (χ2v) is 7.93. The Hall–Kier alpha value is -1.76. The summed E-state index contributed by atoms with van der Waals surface area (Å²) in [6.45, 7) is 6.02. The molecule has 0 unspecified atom stereocenters. The predicted octanol–water partition coefficient (Wildman–Crippen LogP) is 2.95. The SMILES string of the molecule is CC1CC[NH+](CC(=O)Nc2cc(C(F)(F)F)ccc2N2CCCCC2)CC1. The van der Waals surface area contributed by atoms with Crippen LogP contribution in [0, 0.1) is 5.92 Å². The van der Waals surface area contributed by atoms with Crippen LogP contribution >= 0.6 is 0 Å². The minimum absolute atomic E-state index is 0.211. The number of carbonyl (C=O) groups excluding carboxylic acids is 1. The van der Waals surface area contributed by atoms with Gasteiger partial charge in [0.1, 0.15) is 0 Å². The second-order valence-electron chi connectivity index (χ2n) is 7.93. The fourth-order valence-corrected chi connectivity index (χ4v) is 3.99. The number of rotatable bonds is 4. The minimum atomic E-state index is -4.42. The average molecular weight is 384 g/mol. The maximum Gasteiger partial charge on any atom is 0.416 e. The van der Waals surface area contributed by atoms with Crippen molar-refractivity contribution in [3.63, 3.8) is 0 Å².